The first kappa shape index (κ1) is 19.9. The second-order valence-corrected chi connectivity index (χ2v) is 8.06. The summed E-state index contributed by atoms with van der Waals surface area (Å²) in [5.41, 5.74) is 0.811. The van der Waals surface area contributed by atoms with E-state index in [-0.39, 0.29) is 30.6 Å². The third-order valence-corrected chi connectivity index (χ3v) is 5.97. The van der Waals surface area contributed by atoms with Gasteiger partial charge in [0.1, 0.15) is 5.76 Å². The van der Waals surface area contributed by atoms with Crippen molar-refractivity contribution in [2.75, 3.05) is 20.1 Å². The fourth-order valence-electron chi connectivity index (χ4n) is 4.25. The highest BCUT2D eigenvalue weighted by atomic mass is 16.5. The van der Waals surface area contributed by atoms with Crippen LogP contribution in [0.2, 0.25) is 0 Å². The Labute approximate surface area is 160 Å². The van der Waals surface area contributed by atoms with Crippen LogP contribution in [0.4, 0.5) is 0 Å². The van der Waals surface area contributed by atoms with Gasteiger partial charge in [-0.05, 0) is 19.8 Å². The van der Waals surface area contributed by atoms with Crippen LogP contribution in [0.5, 0.6) is 0 Å². The van der Waals surface area contributed by atoms with E-state index >= 15 is 0 Å². The Kier molecular flexibility index (Phi) is 6.52. The average molecular weight is 377 g/mol. The highest BCUT2D eigenvalue weighted by Gasteiger charge is 2.35. The van der Waals surface area contributed by atoms with Crippen LogP contribution >= 0.6 is 0 Å². The fraction of sp³-hybridized carbons (Fsp3) is 0.750. The van der Waals surface area contributed by atoms with Crippen LogP contribution in [0.1, 0.15) is 56.4 Å². The summed E-state index contributed by atoms with van der Waals surface area (Å²) in [6, 6.07) is 2.18. The summed E-state index contributed by atoms with van der Waals surface area (Å²) >= 11 is 0. The van der Waals surface area contributed by atoms with E-state index in [0.29, 0.717) is 25.6 Å². The summed E-state index contributed by atoms with van der Waals surface area (Å²) in [7, 11) is 1.86. The summed E-state index contributed by atoms with van der Waals surface area (Å²) in [6.45, 7) is 2.67. The van der Waals surface area contributed by atoms with Crippen molar-refractivity contribution in [1.29, 1.82) is 0 Å². The van der Waals surface area contributed by atoms with Crippen molar-refractivity contribution in [3.8, 4) is 0 Å². The average Bonchev–Trinajstić information content (AvgIpc) is 3.25. The van der Waals surface area contributed by atoms with Gasteiger partial charge in [-0.3, -0.25) is 9.59 Å². The number of carbonyl (C=O) groups excluding carboxylic acids is 2. The van der Waals surface area contributed by atoms with E-state index in [9.17, 15) is 14.7 Å². The van der Waals surface area contributed by atoms with Crippen molar-refractivity contribution in [2.24, 2.45) is 5.92 Å². The number of aliphatic hydroxyl groups excluding tert-OH is 1. The van der Waals surface area contributed by atoms with Crippen molar-refractivity contribution in [1.82, 2.24) is 15.0 Å². The maximum absolute atomic E-state index is 12.5. The van der Waals surface area contributed by atoms with E-state index in [1.165, 1.54) is 19.3 Å². The number of likely N-dealkylation sites (tertiary alicyclic amines) is 1. The second kappa shape index (κ2) is 8.87. The zero-order valence-electron chi connectivity index (χ0n) is 16.4. The molecule has 2 aliphatic rings. The van der Waals surface area contributed by atoms with Crippen LogP contribution in [0, 0.1) is 12.8 Å². The highest BCUT2D eigenvalue weighted by molar-refractivity contribution is 5.84. The molecule has 0 unspecified atom stereocenters. The second-order valence-electron chi connectivity index (χ2n) is 8.06. The number of nitrogens with zero attached hydrogens (tertiary/aromatic N) is 3. The molecule has 0 spiro atoms. The largest absolute Gasteiger partial charge is 0.391 e. The van der Waals surface area contributed by atoms with Gasteiger partial charge in [0.2, 0.25) is 11.8 Å². The first-order chi connectivity index (χ1) is 12.9. The van der Waals surface area contributed by atoms with Crippen LogP contribution in [-0.2, 0) is 16.0 Å². The standard InChI is InChI=1S/C20H31N3O4/c1-14-10-17(27-21-14)11-15-12-23(13-18(15)24)20(26)9-8-19(25)22(2)16-6-4-3-5-7-16/h10,15-16,18,24H,3-9,11-13H2,1-2H3/t15-,18+/m1/s1. The summed E-state index contributed by atoms with van der Waals surface area (Å²) in [5, 5.41) is 14.1. The van der Waals surface area contributed by atoms with E-state index in [1.54, 1.807) is 4.90 Å². The van der Waals surface area contributed by atoms with Gasteiger partial charge in [-0.2, -0.15) is 0 Å². The molecule has 1 aliphatic carbocycles. The minimum Gasteiger partial charge on any atom is -0.391 e. The first-order valence-electron chi connectivity index (χ1n) is 10.1. The lowest BCUT2D eigenvalue weighted by atomic mass is 9.94. The van der Waals surface area contributed by atoms with E-state index in [2.05, 4.69) is 5.16 Å². The van der Waals surface area contributed by atoms with Gasteiger partial charge >= 0.3 is 0 Å². The maximum atomic E-state index is 12.5. The molecule has 150 valence electrons. The minimum atomic E-state index is -0.569. The number of carbonyl (C=O) groups is 2. The predicted molar refractivity (Wildman–Crippen MR) is 99.9 cm³/mol. The summed E-state index contributed by atoms with van der Waals surface area (Å²) < 4.78 is 5.22. The number of amides is 2. The SMILES string of the molecule is Cc1cc(C[C@@H]2CN(C(=O)CCC(=O)N(C)C3CCCCC3)C[C@@H]2O)on1. The normalized spacial score (nSPS) is 23.6. The molecule has 1 aromatic rings. The first-order valence-corrected chi connectivity index (χ1v) is 10.1. The molecule has 1 aliphatic heterocycles. The van der Waals surface area contributed by atoms with Gasteiger partial charge in [-0.25, -0.2) is 0 Å². The minimum absolute atomic E-state index is 0.0451. The molecule has 0 radical (unpaired) electrons. The van der Waals surface area contributed by atoms with Gasteiger partial charge < -0.3 is 19.4 Å². The molecular weight excluding hydrogens is 346 g/mol. The number of β-amino-alcohol motifs (C(OH)–C–C–N with tert-alkyl or cyclic N) is 1. The van der Waals surface area contributed by atoms with Crippen LogP contribution in [0.25, 0.3) is 0 Å². The highest BCUT2D eigenvalue weighted by Crippen LogP contribution is 2.24. The van der Waals surface area contributed by atoms with Gasteiger partial charge in [-0.15, -0.1) is 0 Å². The molecule has 2 heterocycles. The van der Waals surface area contributed by atoms with Crippen molar-refractivity contribution in [3.05, 3.63) is 17.5 Å². The summed E-state index contributed by atoms with van der Waals surface area (Å²) in [4.78, 5) is 28.4. The molecule has 7 nitrogen and oxygen atoms in total. The smallest absolute Gasteiger partial charge is 0.223 e. The van der Waals surface area contributed by atoms with Crippen LogP contribution in [0.3, 0.4) is 0 Å². The number of hydrogen-bond donors (Lipinski definition) is 1. The summed E-state index contributed by atoms with van der Waals surface area (Å²) in [5.74, 6) is 0.663. The zero-order chi connectivity index (χ0) is 19.4. The number of rotatable bonds is 6. The third-order valence-electron chi connectivity index (χ3n) is 5.97. The van der Waals surface area contributed by atoms with Crippen LogP contribution in [-0.4, -0.2) is 64.2 Å². The van der Waals surface area contributed by atoms with Crippen molar-refractivity contribution in [2.45, 2.75) is 70.4 Å². The van der Waals surface area contributed by atoms with Crippen molar-refractivity contribution in [3.63, 3.8) is 0 Å². The number of aryl methyl sites for hydroxylation is 1. The molecule has 1 saturated carbocycles. The maximum Gasteiger partial charge on any atom is 0.223 e. The molecule has 1 saturated heterocycles. The predicted octanol–water partition coefficient (Wildman–Crippen LogP) is 1.92. The van der Waals surface area contributed by atoms with Gasteiger partial charge in [0, 0.05) is 57.4 Å². The molecule has 27 heavy (non-hydrogen) atoms. The molecule has 1 N–H and O–H groups in total. The molecule has 3 rings (SSSR count). The lowest BCUT2D eigenvalue weighted by Crippen LogP contribution is -2.39. The van der Waals surface area contributed by atoms with Crippen LogP contribution in [0.15, 0.2) is 10.6 Å². The lowest BCUT2D eigenvalue weighted by Gasteiger charge is -2.31. The van der Waals surface area contributed by atoms with E-state index < -0.39 is 6.10 Å². The van der Waals surface area contributed by atoms with Gasteiger partial charge in [0.15, 0.2) is 0 Å². The van der Waals surface area contributed by atoms with Crippen molar-refractivity contribution >= 4 is 11.8 Å². The number of aliphatic hydroxyl groups is 1. The number of aromatic nitrogens is 1. The van der Waals surface area contributed by atoms with Crippen molar-refractivity contribution < 1.29 is 19.2 Å². The van der Waals surface area contributed by atoms with E-state index in [0.717, 1.165) is 24.3 Å². The Morgan fingerprint density at radius 3 is 2.67 bits per heavy atom. The molecule has 0 bridgehead atoms. The molecule has 2 fully saturated rings. The van der Waals surface area contributed by atoms with Gasteiger partial charge in [0.05, 0.1) is 11.8 Å². The van der Waals surface area contributed by atoms with Gasteiger partial charge in [0.25, 0.3) is 0 Å². The van der Waals surface area contributed by atoms with E-state index in [1.807, 2.05) is 24.9 Å². The Balaban J connectivity index is 1.44. The molecule has 1 aromatic heterocycles. The van der Waals surface area contributed by atoms with Crippen LogP contribution < -0.4 is 0 Å². The molecule has 2 amide bonds. The molecule has 0 aromatic carbocycles. The van der Waals surface area contributed by atoms with Gasteiger partial charge in [-0.1, -0.05) is 24.4 Å². The fourth-order valence-corrected chi connectivity index (χ4v) is 4.25. The quantitative estimate of drug-likeness (QED) is 0.818. The monoisotopic (exact) mass is 377 g/mol. The Hall–Kier alpha value is -1.89. The molecule has 2 atom stereocenters. The number of hydrogen-bond acceptors (Lipinski definition) is 5. The zero-order valence-corrected chi connectivity index (χ0v) is 16.4. The Bertz CT molecular complexity index is 653. The molecular formula is C20H31N3O4. The summed E-state index contributed by atoms with van der Waals surface area (Å²) in [6.07, 6.45) is 6.19. The molecule has 7 heteroatoms. The lowest BCUT2D eigenvalue weighted by molar-refractivity contribution is -0.137. The van der Waals surface area contributed by atoms with E-state index in [4.69, 9.17) is 4.52 Å². The Morgan fingerprint density at radius 2 is 2.00 bits per heavy atom. The Morgan fingerprint density at radius 1 is 1.26 bits per heavy atom. The third kappa shape index (κ3) is 5.09. The topological polar surface area (TPSA) is 86.9 Å².